The topological polar surface area (TPSA) is 20.2 Å². The molecule has 0 amide bonds. The molecule has 0 saturated heterocycles. The summed E-state index contributed by atoms with van der Waals surface area (Å²) < 4.78 is 0. The first-order valence-electron chi connectivity index (χ1n) is 4.67. The zero-order valence-corrected chi connectivity index (χ0v) is 8.43. The van der Waals surface area contributed by atoms with Gasteiger partial charge in [0.05, 0.1) is 0 Å². The van der Waals surface area contributed by atoms with E-state index >= 15 is 0 Å². The summed E-state index contributed by atoms with van der Waals surface area (Å²) in [6, 6.07) is 7.59. The molecular weight excluding hydrogens is 180 g/mol. The van der Waals surface area contributed by atoms with Crippen molar-refractivity contribution in [2.45, 2.75) is 24.7 Å². The van der Waals surface area contributed by atoms with Crippen molar-refractivity contribution < 1.29 is 5.11 Å². The van der Waals surface area contributed by atoms with Gasteiger partial charge in [-0.25, -0.2) is 0 Å². The first-order valence-corrected chi connectivity index (χ1v) is 5.30. The molecule has 1 fully saturated rings. The molecule has 1 nitrogen and oxygen atoms in total. The number of hydrogen-bond donors (Lipinski definition) is 2. The van der Waals surface area contributed by atoms with E-state index in [-0.39, 0.29) is 5.41 Å². The lowest BCUT2D eigenvalue weighted by atomic mass is 9.66. The number of thiol groups is 1. The van der Waals surface area contributed by atoms with E-state index in [2.05, 4.69) is 18.7 Å². The highest BCUT2D eigenvalue weighted by Crippen LogP contribution is 2.45. The molecule has 70 valence electrons. The molecule has 1 aromatic rings. The normalized spacial score (nSPS) is 19.5. The van der Waals surface area contributed by atoms with Gasteiger partial charge in [0, 0.05) is 5.41 Å². The van der Waals surface area contributed by atoms with Crippen LogP contribution in [0.3, 0.4) is 0 Å². The summed E-state index contributed by atoms with van der Waals surface area (Å²) in [5, 5.41) is 9.37. The fraction of sp³-hybridized carbons (Fsp3) is 0.455. The number of phenolic OH excluding ortho intramolecular Hbond substituents is 1. The molecule has 2 rings (SSSR count). The maximum absolute atomic E-state index is 9.37. The Bertz CT molecular complexity index is 299. The minimum atomic E-state index is 0.252. The standard InChI is InChI=1S/C11H14OS/c12-10-4-1-3-9(7-10)11(8-13)5-2-6-11/h1,3-4,7,12-13H,2,5-6,8H2. The molecule has 0 aromatic heterocycles. The zero-order valence-electron chi connectivity index (χ0n) is 7.53. The SMILES string of the molecule is Oc1cccc(C2(CS)CCC2)c1. The summed E-state index contributed by atoms with van der Waals surface area (Å²) in [5.74, 6) is 1.25. The summed E-state index contributed by atoms with van der Waals surface area (Å²) in [7, 11) is 0. The molecule has 1 aromatic carbocycles. The Kier molecular flexibility index (Phi) is 2.24. The summed E-state index contributed by atoms with van der Waals surface area (Å²) in [5.41, 5.74) is 1.50. The van der Waals surface area contributed by atoms with Gasteiger partial charge >= 0.3 is 0 Å². The minimum absolute atomic E-state index is 0.252. The molecule has 13 heavy (non-hydrogen) atoms. The molecule has 2 heteroatoms. The smallest absolute Gasteiger partial charge is 0.115 e. The van der Waals surface area contributed by atoms with Crippen molar-refractivity contribution in [1.29, 1.82) is 0 Å². The molecule has 0 radical (unpaired) electrons. The maximum Gasteiger partial charge on any atom is 0.115 e. The van der Waals surface area contributed by atoms with Gasteiger partial charge in [-0.1, -0.05) is 18.6 Å². The van der Waals surface area contributed by atoms with E-state index in [0.717, 1.165) is 5.75 Å². The minimum Gasteiger partial charge on any atom is -0.508 e. The molecule has 0 heterocycles. The first-order chi connectivity index (χ1) is 6.27. The van der Waals surface area contributed by atoms with Crippen molar-refractivity contribution >= 4 is 12.6 Å². The van der Waals surface area contributed by atoms with Crippen molar-refractivity contribution in [1.82, 2.24) is 0 Å². The third-order valence-electron chi connectivity index (χ3n) is 3.07. The number of hydrogen-bond acceptors (Lipinski definition) is 2. The van der Waals surface area contributed by atoms with Crippen LogP contribution in [0, 0.1) is 0 Å². The van der Waals surface area contributed by atoms with Crippen LogP contribution < -0.4 is 0 Å². The average Bonchev–Trinajstić information content (AvgIpc) is 2.03. The van der Waals surface area contributed by atoms with Gasteiger partial charge in [-0.15, -0.1) is 0 Å². The van der Waals surface area contributed by atoms with Gasteiger partial charge in [0.2, 0.25) is 0 Å². The second-order valence-electron chi connectivity index (χ2n) is 3.84. The van der Waals surface area contributed by atoms with Gasteiger partial charge in [0.15, 0.2) is 0 Å². The predicted molar refractivity (Wildman–Crippen MR) is 57.5 cm³/mol. The number of rotatable bonds is 2. The molecule has 0 aliphatic heterocycles. The van der Waals surface area contributed by atoms with Crippen LogP contribution in [0.5, 0.6) is 5.75 Å². The lowest BCUT2D eigenvalue weighted by Gasteiger charge is -2.41. The second-order valence-corrected chi connectivity index (χ2v) is 4.16. The average molecular weight is 194 g/mol. The van der Waals surface area contributed by atoms with E-state index in [4.69, 9.17) is 0 Å². The molecule has 1 aliphatic carbocycles. The van der Waals surface area contributed by atoms with Gasteiger partial charge in [-0.05, 0) is 36.3 Å². The summed E-state index contributed by atoms with van der Waals surface area (Å²) in [6.07, 6.45) is 3.70. The van der Waals surface area contributed by atoms with Crippen molar-refractivity contribution in [3.8, 4) is 5.75 Å². The van der Waals surface area contributed by atoms with Crippen LogP contribution in [0.2, 0.25) is 0 Å². The molecule has 0 unspecified atom stereocenters. The second kappa shape index (κ2) is 3.26. The highest BCUT2D eigenvalue weighted by atomic mass is 32.1. The van der Waals surface area contributed by atoms with Gasteiger partial charge in [0.25, 0.3) is 0 Å². The lowest BCUT2D eigenvalue weighted by molar-refractivity contribution is 0.278. The van der Waals surface area contributed by atoms with Crippen molar-refractivity contribution in [3.05, 3.63) is 29.8 Å². The van der Waals surface area contributed by atoms with Crippen molar-refractivity contribution in [2.24, 2.45) is 0 Å². The predicted octanol–water partition coefficient (Wildman–Crippen LogP) is 2.74. The van der Waals surface area contributed by atoms with E-state index in [1.807, 2.05) is 12.1 Å². The Hall–Kier alpha value is -0.630. The Balaban J connectivity index is 2.33. The zero-order chi connectivity index (χ0) is 9.31. The number of aromatic hydroxyl groups is 1. The Labute approximate surface area is 84.2 Å². The van der Waals surface area contributed by atoms with Crippen LogP contribution in [0.25, 0.3) is 0 Å². The molecular formula is C11H14OS. The number of benzene rings is 1. The van der Waals surface area contributed by atoms with Crippen LogP contribution in [-0.2, 0) is 5.41 Å². The highest BCUT2D eigenvalue weighted by molar-refractivity contribution is 7.80. The molecule has 1 saturated carbocycles. The Morgan fingerprint density at radius 3 is 2.62 bits per heavy atom. The van der Waals surface area contributed by atoms with Gasteiger partial charge in [-0.2, -0.15) is 12.6 Å². The molecule has 1 N–H and O–H groups in total. The van der Waals surface area contributed by atoms with Crippen LogP contribution >= 0.6 is 12.6 Å². The summed E-state index contributed by atoms with van der Waals surface area (Å²) in [6.45, 7) is 0. The van der Waals surface area contributed by atoms with Crippen LogP contribution in [0.1, 0.15) is 24.8 Å². The fourth-order valence-corrected chi connectivity index (χ4v) is 2.48. The lowest BCUT2D eigenvalue weighted by Crippen LogP contribution is -2.35. The van der Waals surface area contributed by atoms with Crippen LogP contribution in [-0.4, -0.2) is 10.9 Å². The molecule has 0 spiro atoms. The van der Waals surface area contributed by atoms with E-state index in [1.165, 1.54) is 24.8 Å². The van der Waals surface area contributed by atoms with Gasteiger partial charge < -0.3 is 5.11 Å². The monoisotopic (exact) mass is 194 g/mol. The van der Waals surface area contributed by atoms with Crippen LogP contribution in [0.15, 0.2) is 24.3 Å². The molecule has 0 atom stereocenters. The quantitative estimate of drug-likeness (QED) is 0.694. The van der Waals surface area contributed by atoms with Gasteiger partial charge in [-0.3, -0.25) is 0 Å². The maximum atomic E-state index is 9.37. The molecule has 0 bridgehead atoms. The molecule has 1 aliphatic rings. The largest absolute Gasteiger partial charge is 0.508 e. The summed E-state index contributed by atoms with van der Waals surface area (Å²) >= 11 is 4.40. The van der Waals surface area contributed by atoms with E-state index < -0.39 is 0 Å². The van der Waals surface area contributed by atoms with E-state index in [0.29, 0.717) is 5.75 Å². The Morgan fingerprint density at radius 1 is 1.38 bits per heavy atom. The fourth-order valence-electron chi connectivity index (χ4n) is 1.98. The third kappa shape index (κ3) is 1.44. The number of phenols is 1. The van der Waals surface area contributed by atoms with E-state index in [9.17, 15) is 5.11 Å². The Morgan fingerprint density at radius 2 is 2.15 bits per heavy atom. The third-order valence-corrected chi connectivity index (χ3v) is 3.68. The highest BCUT2D eigenvalue weighted by Gasteiger charge is 2.37. The van der Waals surface area contributed by atoms with Crippen molar-refractivity contribution in [2.75, 3.05) is 5.75 Å². The van der Waals surface area contributed by atoms with E-state index in [1.54, 1.807) is 6.07 Å². The van der Waals surface area contributed by atoms with Crippen molar-refractivity contribution in [3.63, 3.8) is 0 Å². The first kappa shape index (κ1) is 8.95. The summed E-state index contributed by atoms with van der Waals surface area (Å²) in [4.78, 5) is 0. The van der Waals surface area contributed by atoms with Gasteiger partial charge in [0.1, 0.15) is 5.75 Å². The van der Waals surface area contributed by atoms with Crippen LogP contribution in [0.4, 0.5) is 0 Å².